The highest BCUT2D eigenvalue weighted by molar-refractivity contribution is 6.41. The summed E-state index contributed by atoms with van der Waals surface area (Å²) in [6.45, 7) is 0.693. The van der Waals surface area contributed by atoms with Crippen LogP contribution in [0.1, 0.15) is 5.56 Å². The summed E-state index contributed by atoms with van der Waals surface area (Å²) < 4.78 is 5.44. The summed E-state index contributed by atoms with van der Waals surface area (Å²) in [7, 11) is 1.69. The lowest BCUT2D eigenvalue weighted by atomic mass is 9.96. The molecular formula is C22H18ClNO. The average Bonchev–Trinajstić information content (AvgIpc) is 2.68. The Balaban J connectivity index is 1.86. The van der Waals surface area contributed by atoms with E-state index in [1.807, 2.05) is 36.4 Å². The van der Waals surface area contributed by atoms with E-state index in [1.54, 1.807) is 7.11 Å². The van der Waals surface area contributed by atoms with Crippen LogP contribution in [0.5, 0.6) is 5.75 Å². The minimum absolute atomic E-state index is 0.693. The van der Waals surface area contributed by atoms with E-state index in [0.29, 0.717) is 6.54 Å². The zero-order valence-electron chi connectivity index (χ0n) is 13.9. The third kappa shape index (κ3) is 2.79. The second-order valence-electron chi connectivity index (χ2n) is 5.94. The quantitative estimate of drug-likeness (QED) is 0.439. The molecule has 4 aromatic carbocycles. The van der Waals surface area contributed by atoms with Crippen molar-refractivity contribution in [1.29, 1.82) is 0 Å². The van der Waals surface area contributed by atoms with E-state index in [-0.39, 0.29) is 0 Å². The normalized spacial score (nSPS) is 11.0. The molecule has 1 N–H and O–H groups in total. The van der Waals surface area contributed by atoms with Crippen molar-refractivity contribution < 1.29 is 4.74 Å². The maximum Gasteiger partial charge on any atom is 0.141 e. The Morgan fingerprint density at radius 1 is 0.760 bits per heavy atom. The molecule has 0 aliphatic heterocycles. The van der Waals surface area contributed by atoms with Crippen molar-refractivity contribution in [1.82, 2.24) is 0 Å². The number of ether oxygens (including phenoxy) is 1. The van der Waals surface area contributed by atoms with Crippen LogP contribution in [0, 0.1) is 0 Å². The Kier molecular flexibility index (Phi) is 4.21. The summed E-state index contributed by atoms with van der Waals surface area (Å²) >= 11 is 6.67. The Labute approximate surface area is 152 Å². The molecule has 0 saturated heterocycles. The van der Waals surface area contributed by atoms with Gasteiger partial charge in [0.25, 0.3) is 0 Å². The van der Waals surface area contributed by atoms with Crippen LogP contribution in [-0.2, 0) is 6.54 Å². The zero-order chi connectivity index (χ0) is 17.2. The summed E-state index contributed by atoms with van der Waals surface area (Å²) in [5, 5.41) is 8.84. The lowest BCUT2D eigenvalue weighted by molar-refractivity contribution is 0.416. The molecule has 4 rings (SSSR count). The SMILES string of the molecule is COc1ccccc1NCc1c2ccccc2c(Cl)c2ccccc12. The molecule has 0 bridgehead atoms. The van der Waals surface area contributed by atoms with Crippen LogP contribution in [0.25, 0.3) is 21.5 Å². The molecule has 0 radical (unpaired) electrons. The zero-order valence-corrected chi connectivity index (χ0v) is 14.7. The molecule has 0 aliphatic carbocycles. The molecule has 0 spiro atoms. The van der Waals surface area contributed by atoms with Crippen molar-refractivity contribution in [2.45, 2.75) is 6.54 Å². The van der Waals surface area contributed by atoms with Gasteiger partial charge < -0.3 is 10.1 Å². The molecule has 0 heterocycles. The van der Waals surface area contributed by atoms with Crippen molar-refractivity contribution in [3.63, 3.8) is 0 Å². The molecular weight excluding hydrogens is 330 g/mol. The van der Waals surface area contributed by atoms with Gasteiger partial charge in [-0.2, -0.15) is 0 Å². The van der Waals surface area contributed by atoms with Gasteiger partial charge in [-0.3, -0.25) is 0 Å². The Hall–Kier alpha value is -2.71. The van der Waals surface area contributed by atoms with Crippen molar-refractivity contribution in [3.8, 4) is 5.75 Å². The maximum atomic E-state index is 6.67. The van der Waals surface area contributed by atoms with E-state index < -0.39 is 0 Å². The Morgan fingerprint density at radius 3 is 1.88 bits per heavy atom. The van der Waals surface area contributed by atoms with Crippen molar-refractivity contribution in [2.24, 2.45) is 0 Å². The van der Waals surface area contributed by atoms with Gasteiger partial charge in [-0.15, -0.1) is 0 Å². The second kappa shape index (κ2) is 6.66. The van der Waals surface area contributed by atoms with Crippen LogP contribution < -0.4 is 10.1 Å². The van der Waals surface area contributed by atoms with E-state index in [0.717, 1.165) is 27.2 Å². The number of methoxy groups -OCH3 is 1. The van der Waals surface area contributed by atoms with Crippen LogP contribution >= 0.6 is 11.6 Å². The maximum absolute atomic E-state index is 6.67. The first-order valence-electron chi connectivity index (χ1n) is 8.24. The number of fused-ring (bicyclic) bond motifs is 2. The van der Waals surface area contributed by atoms with E-state index in [9.17, 15) is 0 Å². The molecule has 0 fully saturated rings. The van der Waals surface area contributed by atoms with Gasteiger partial charge in [0.1, 0.15) is 5.75 Å². The summed E-state index contributed by atoms with van der Waals surface area (Å²) in [6.07, 6.45) is 0. The Bertz CT molecular complexity index is 1000. The molecule has 0 atom stereocenters. The van der Waals surface area contributed by atoms with Crippen LogP contribution in [-0.4, -0.2) is 7.11 Å². The predicted octanol–water partition coefficient (Wildman–Crippen LogP) is 6.27. The number of hydrogen-bond acceptors (Lipinski definition) is 2. The molecule has 0 aliphatic rings. The van der Waals surface area contributed by atoms with Crippen molar-refractivity contribution in [2.75, 3.05) is 12.4 Å². The molecule has 25 heavy (non-hydrogen) atoms. The fourth-order valence-corrected chi connectivity index (χ4v) is 3.66. The molecule has 0 unspecified atom stereocenters. The van der Waals surface area contributed by atoms with Crippen LogP contribution in [0.4, 0.5) is 5.69 Å². The molecule has 0 saturated carbocycles. The topological polar surface area (TPSA) is 21.3 Å². The fourth-order valence-electron chi connectivity index (χ4n) is 3.33. The highest BCUT2D eigenvalue weighted by Crippen LogP contribution is 2.36. The monoisotopic (exact) mass is 347 g/mol. The first-order chi connectivity index (χ1) is 12.3. The van der Waals surface area contributed by atoms with Crippen LogP contribution in [0.2, 0.25) is 5.02 Å². The van der Waals surface area contributed by atoms with Crippen molar-refractivity contribution >= 4 is 38.8 Å². The van der Waals surface area contributed by atoms with Gasteiger partial charge in [-0.05, 0) is 28.5 Å². The third-order valence-corrected chi connectivity index (χ3v) is 4.95. The lowest BCUT2D eigenvalue weighted by Gasteiger charge is -2.16. The number of halogens is 1. The van der Waals surface area contributed by atoms with Gasteiger partial charge in [0.05, 0.1) is 17.8 Å². The molecule has 0 aromatic heterocycles. The first kappa shape index (κ1) is 15.8. The minimum atomic E-state index is 0.693. The smallest absolute Gasteiger partial charge is 0.141 e. The van der Waals surface area contributed by atoms with Gasteiger partial charge in [-0.1, -0.05) is 72.3 Å². The van der Waals surface area contributed by atoms with Gasteiger partial charge in [0.15, 0.2) is 0 Å². The van der Waals surface area contributed by atoms with E-state index in [2.05, 4.69) is 41.7 Å². The number of hydrogen-bond donors (Lipinski definition) is 1. The minimum Gasteiger partial charge on any atom is -0.495 e. The number of anilines is 1. The highest BCUT2D eigenvalue weighted by atomic mass is 35.5. The average molecular weight is 348 g/mol. The number of rotatable bonds is 4. The van der Waals surface area contributed by atoms with Crippen molar-refractivity contribution in [3.05, 3.63) is 83.4 Å². The van der Waals surface area contributed by atoms with Gasteiger partial charge >= 0.3 is 0 Å². The Morgan fingerprint density at radius 2 is 1.28 bits per heavy atom. The summed E-state index contributed by atoms with van der Waals surface area (Å²) in [5.74, 6) is 0.838. The van der Waals surface area contributed by atoms with Gasteiger partial charge in [-0.25, -0.2) is 0 Å². The van der Waals surface area contributed by atoms with Gasteiger partial charge in [0, 0.05) is 17.3 Å². The number of nitrogens with one attached hydrogen (secondary N) is 1. The molecule has 0 amide bonds. The predicted molar refractivity (Wildman–Crippen MR) is 107 cm³/mol. The largest absolute Gasteiger partial charge is 0.495 e. The van der Waals surface area contributed by atoms with Gasteiger partial charge in [0.2, 0.25) is 0 Å². The third-order valence-electron chi connectivity index (χ3n) is 4.54. The molecule has 124 valence electrons. The van der Waals surface area contributed by atoms with E-state index in [4.69, 9.17) is 16.3 Å². The first-order valence-corrected chi connectivity index (χ1v) is 8.62. The molecule has 3 heteroatoms. The van der Waals surface area contributed by atoms with Crippen LogP contribution in [0.15, 0.2) is 72.8 Å². The molecule has 4 aromatic rings. The number of benzene rings is 4. The number of para-hydroxylation sites is 2. The fraction of sp³-hybridized carbons (Fsp3) is 0.0909. The second-order valence-corrected chi connectivity index (χ2v) is 6.32. The summed E-state index contributed by atoms with van der Waals surface area (Å²) in [4.78, 5) is 0. The highest BCUT2D eigenvalue weighted by Gasteiger charge is 2.12. The standard InChI is InChI=1S/C22H18ClNO/c1-25-21-13-7-6-12-20(21)24-14-19-15-8-2-4-10-17(15)22(23)18-11-5-3-9-16(18)19/h2-13,24H,14H2,1H3. The summed E-state index contributed by atoms with van der Waals surface area (Å²) in [5.41, 5.74) is 2.22. The molecule has 2 nitrogen and oxygen atoms in total. The van der Waals surface area contributed by atoms with E-state index in [1.165, 1.54) is 16.3 Å². The summed E-state index contributed by atoms with van der Waals surface area (Å²) in [6, 6.07) is 24.5. The lowest BCUT2D eigenvalue weighted by Crippen LogP contribution is -2.03. The van der Waals surface area contributed by atoms with E-state index >= 15 is 0 Å². The van der Waals surface area contributed by atoms with Crippen LogP contribution in [0.3, 0.4) is 0 Å².